The number of hydrogen-bond donors (Lipinski definition) is 1. The van der Waals surface area contributed by atoms with Gasteiger partial charge in [-0.05, 0) is 18.8 Å². The molecule has 0 saturated carbocycles. The molecule has 2 bridgehead atoms. The molecule has 3 aliphatic heterocycles. The Morgan fingerprint density at radius 2 is 1.81 bits per heavy atom. The van der Waals surface area contributed by atoms with Crippen LogP contribution in [0.1, 0.15) is 41.5 Å². The Morgan fingerprint density at radius 3 is 2.38 bits per heavy atom. The summed E-state index contributed by atoms with van der Waals surface area (Å²) >= 11 is 0. The topological polar surface area (TPSA) is 35.7 Å². The van der Waals surface area contributed by atoms with Crippen LogP contribution in [0.15, 0.2) is 11.4 Å². The van der Waals surface area contributed by atoms with Crippen LogP contribution >= 0.6 is 0 Å². The highest BCUT2D eigenvalue weighted by Gasteiger charge is 2.49. The highest BCUT2D eigenvalue weighted by molar-refractivity contribution is 5.29. The summed E-state index contributed by atoms with van der Waals surface area (Å²) in [5.41, 5.74) is 9.55. The van der Waals surface area contributed by atoms with Gasteiger partial charge in [0.2, 0.25) is 0 Å². The summed E-state index contributed by atoms with van der Waals surface area (Å²) in [4.78, 5) is 7.90. The maximum absolute atomic E-state index is 6.46. The monoisotopic (exact) mass is 292 g/mol. The van der Waals surface area contributed by atoms with Crippen LogP contribution in [-0.2, 0) is 0 Å². The number of hydrogen-bond acceptors (Lipinski definition) is 4. The third-order valence-electron chi connectivity index (χ3n) is 5.82. The number of nitrogens with zero attached hydrogens (tertiary/aromatic N) is 3. The molecule has 2 N–H and O–H groups in total. The van der Waals surface area contributed by atoms with E-state index in [1.165, 1.54) is 0 Å². The SMILES string of the molecule is CC(C)C(C)N1C2=C3CN(CN3CC(N)C2C)C1C(C)C. The zero-order valence-electron chi connectivity index (χ0n) is 14.5. The first-order valence-corrected chi connectivity index (χ1v) is 8.58. The molecule has 1 fully saturated rings. The van der Waals surface area contributed by atoms with Crippen molar-refractivity contribution in [1.82, 2.24) is 14.7 Å². The normalized spacial score (nSPS) is 37.0. The van der Waals surface area contributed by atoms with Gasteiger partial charge in [0, 0.05) is 42.5 Å². The molecule has 0 amide bonds. The van der Waals surface area contributed by atoms with Crippen molar-refractivity contribution in [3.05, 3.63) is 11.4 Å². The van der Waals surface area contributed by atoms with Gasteiger partial charge >= 0.3 is 0 Å². The van der Waals surface area contributed by atoms with E-state index in [2.05, 4.69) is 56.2 Å². The lowest BCUT2D eigenvalue weighted by atomic mass is 9.87. The second kappa shape index (κ2) is 5.17. The number of fused-ring (bicyclic) bond motifs is 1. The predicted octanol–water partition coefficient (Wildman–Crippen LogP) is 2.09. The van der Waals surface area contributed by atoms with E-state index in [9.17, 15) is 0 Å². The minimum absolute atomic E-state index is 0.261. The molecule has 0 aromatic rings. The smallest absolute Gasteiger partial charge is 0.0862 e. The molecule has 21 heavy (non-hydrogen) atoms. The summed E-state index contributed by atoms with van der Waals surface area (Å²) < 4.78 is 0. The van der Waals surface area contributed by atoms with Crippen LogP contribution in [0.3, 0.4) is 0 Å². The van der Waals surface area contributed by atoms with Gasteiger partial charge in [0.15, 0.2) is 0 Å². The van der Waals surface area contributed by atoms with Crippen LogP contribution in [0.2, 0.25) is 0 Å². The lowest BCUT2D eigenvalue weighted by Gasteiger charge is -2.51. The third-order valence-corrected chi connectivity index (χ3v) is 5.82. The van der Waals surface area contributed by atoms with Gasteiger partial charge in [-0.2, -0.15) is 0 Å². The summed E-state index contributed by atoms with van der Waals surface area (Å²) in [6.07, 6.45) is 0.513. The van der Waals surface area contributed by atoms with Crippen molar-refractivity contribution in [3.63, 3.8) is 0 Å². The highest BCUT2D eigenvalue weighted by atomic mass is 15.5. The molecule has 3 aliphatic rings. The van der Waals surface area contributed by atoms with Crippen LogP contribution in [-0.4, -0.2) is 52.7 Å². The van der Waals surface area contributed by atoms with E-state index in [-0.39, 0.29) is 6.04 Å². The number of nitrogens with two attached hydrogens (primary N) is 1. The lowest BCUT2D eigenvalue weighted by Crippen LogP contribution is -2.58. The maximum atomic E-state index is 6.46. The van der Waals surface area contributed by atoms with Crippen LogP contribution in [0.5, 0.6) is 0 Å². The first-order chi connectivity index (χ1) is 9.82. The molecule has 0 aliphatic carbocycles. The highest BCUT2D eigenvalue weighted by Crippen LogP contribution is 2.43. The first kappa shape index (κ1) is 15.2. The Labute approximate surface area is 129 Å². The third kappa shape index (κ3) is 2.18. The van der Waals surface area contributed by atoms with Crippen LogP contribution < -0.4 is 5.73 Å². The van der Waals surface area contributed by atoms with Gasteiger partial charge < -0.3 is 15.5 Å². The largest absolute Gasteiger partial charge is 0.358 e. The molecule has 0 radical (unpaired) electrons. The Bertz CT molecular complexity index is 442. The fourth-order valence-electron chi connectivity index (χ4n) is 4.34. The van der Waals surface area contributed by atoms with Gasteiger partial charge in [0.1, 0.15) is 0 Å². The van der Waals surface area contributed by atoms with Crippen molar-refractivity contribution in [2.75, 3.05) is 19.8 Å². The predicted molar refractivity (Wildman–Crippen MR) is 87.2 cm³/mol. The minimum Gasteiger partial charge on any atom is -0.358 e. The van der Waals surface area contributed by atoms with E-state index in [4.69, 9.17) is 5.73 Å². The van der Waals surface area contributed by atoms with E-state index < -0.39 is 0 Å². The van der Waals surface area contributed by atoms with Gasteiger partial charge in [-0.3, -0.25) is 4.90 Å². The molecule has 0 aromatic heterocycles. The van der Waals surface area contributed by atoms with E-state index in [1.807, 2.05) is 0 Å². The van der Waals surface area contributed by atoms with Crippen molar-refractivity contribution in [2.45, 2.75) is 59.8 Å². The molecule has 5 unspecified atom stereocenters. The maximum Gasteiger partial charge on any atom is 0.0862 e. The summed E-state index contributed by atoms with van der Waals surface area (Å²) in [6.45, 7) is 17.3. The van der Waals surface area contributed by atoms with E-state index in [0.29, 0.717) is 30.0 Å². The molecule has 3 heterocycles. The Balaban J connectivity index is 2.08. The fourth-order valence-corrected chi connectivity index (χ4v) is 4.34. The van der Waals surface area contributed by atoms with Gasteiger partial charge in [0.05, 0.1) is 12.8 Å². The molecule has 4 nitrogen and oxygen atoms in total. The summed E-state index contributed by atoms with van der Waals surface area (Å²) in [5, 5.41) is 0. The van der Waals surface area contributed by atoms with E-state index >= 15 is 0 Å². The molecule has 0 spiro atoms. The fraction of sp³-hybridized carbons (Fsp3) is 0.882. The van der Waals surface area contributed by atoms with Crippen LogP contribution in [0.4, 0.5) is 0 Å². The molecular formula is C17H32N4. The second-order valence-corrected chi connectivity index (χ2v) is 7.94. The van der Waals surface area contributed by atoms with Gasteiger partial charge in [-0.15, -0.1) is 0 Å². The van der Waals surface area contributed by atoms with Crippen LogP contribution in [0.25, 0.3) is 0 Å². The second-order valence-electron chi connectivity index (χ2n) is 7.94. The summed E-state index contributed by atoms with van der Waals surface area (Å²) in [5.74, 6) is 1.75. The van der Waals surface area contributed by atoms with Crippen molar-refractivity contribution in [3.8, 4) is 0 Å². The summed E-state index contributed by atoms with van der Waals surface area (Å²) in [7, 11) is 0. The van der Waals surface area contributed by atoms with Crippen molar-refractivity contribution in [1.29, 1.82) is 0 Å². The van der Waals surface area contributed by atoms with E-state index in [0.717, 1.165) is 19.8 Å². The Kier molecular flexibility index (Phi) is 3.73. The molecule has 1 saturated heterocycles. The standard InChI is InChI=1S/C17H32N4/c1-10(2)13(6)21-16-12(5)14(18)7-19-9-20(8-15(16)19)17(21)11(3)4/h10-14,17H,7-9,18H2,1-6H3. The molecule has 0 aromatic carbocycles. The molecule has 3 rings (SSSR count). The average Bonchev–Trinajstić information content (AvgIpc) is 2.76. The lowest BCUT2D eigenvalue weighted by molar-refractivity contribution is -0.00298. The molecule has 120 valence electrons. The minimum atomic E-state index is 0.261. The average molecular weight is 292 g/mol. The molecule has 4 heteroatoms. The van der Waals surface area contributed by atoms with Gasteiger partial charge in [0.25, 0.3) is 0 Å². The Morgan fingerprint density at radius 1 is 1.14 bits per heavy atom. The van der Waals surface area contributed by atoms with Crippen molar-refractivity contribution >= 4 is 0 Å². The van der Waals surface area contributed by atoms with Gasteiger partial charge in [-0.25, -0.2) is 0 Å². The van der Waals surface area contributed by atoms with Crippen molar-refractivity contribution in [2.24, 2.45) is 23.5 Å². The molecule has 5 atom stereocenters. The quantitative estimate of drug-likeness (QED) is 0.864. The zero-order valence-corrected chi connectivity index (χ0v) is 14.5. The van der Waals surface area contributed by atoms with Gasteiger partial charge in [-0.1, -0.05) is 34.6 Å². The zero-order chi connectivity index (χ0) is 15.5. The number of rotatable bonds is 3. The molecular weight excluding hydrogens is 260 g/mol. The first-order valence-electron chi connectivity index (χ1n) is 8.58. The van der Waals surface area contributed by atoms with Crippen molar-refractivity contribution < 1.29 is 0 Å². The Hall–Kier alpha value is -0.740. The van der Waals surface area contributed by atoms with Crippen LogP contribution in [0, 0.1) is 17.8 Å². The van der Waals surface area contributed by atoms with E-state index in [1.54, 1.807) is 11.4 Å². The summed E-state index contributed by atoms with van der Waals surface area (Å²) in [6, 6.07) is 0.814.